The molecule has 0 atom stereocenters. The van der Waals surface area contributed by atoms with Crippen LogP contribution in [0.5, 0.6) is 0 Å². The third kappa shape index (κ3) is 5.21. The fraction of sp³-hybridized carbons (Fsp3) is 0.533. The van der Waals surface area contributed by atoms with Gasteiger partial charge in [0.25, 0.3) is 0 Å². The van der Waals surface area contributed by atoms with Gasteiger partial charge in [-0.3, -0.25) is 9.52 Å². The van der Waals surface area contributed by atoms with Crippen molar-refractivity contribution in [2.75, 3.05) is 54.3 Å². The van der Waals surface area contributed by atoms with Crippen LogP contribution in [0.15, 0.2) is 40.9 Å². The van der Waals surface area contributed by atoms with E-state index in [9.17, 15) is 13.2 Å². The summed E-state index contributed by atoms with van der Waals surface area (Å²) in [4.78, 5) is 24.5. The molecule has 1 aromatic carbocycles. The molecule has 6 aliphatic rings. The molecule has 3 fully saturated rings. The van der Waals surface area contributed by atoms with Crippen molar-refractivity contribution in [3.05, 3.63) is 36.5 Å². The number of sulfonamides is 1. The molecule has 12 heteroatoms. The summed E-state index contributed by atoms with van der Waals surface area (Å²) in [6.45, 7) is 6.03. The zero-order valence-electron chi connectivity index (χ0n) is 24.1. The topological polar surface area (TPSA) is 125 Å². The molecule has 2 saturated heterocycles. The van der Waals surface area contributed by atoms with Crippen molar-refractivity contribution in [1.82, 2.24) is 20.1 Å². The number of anilines is 3. The average Bonchev–Trinajstić information content (AvgIpc) is 3.75. The maximum absolute atomic E-state index is 13.5. The number of nitrogens with one attached hydrogen (secondary N) is 1. The van der Waals surface area contributed by atoms with E-state index < -0.39 is 10.0 Å². The standard InChI is InChI=1S/C30H37N7O4S/c1-30-10-15-36(16-11-30)25-18-22(34-42(39,40)23-4-5-23)3-6-24(25)28-33-32-27(41-28)21-7-12-31-26(17-21)37-13-8-20(9-14-37)29(38)35(2)19-30/h3,6-7,12,17-18,20,23,34H,4-5,8-11,13-16,19H2,1-2H3. The average molecular weight is 592 g/mol. The number of benzene rings is 1. The Morgan fingerprint density at radius 1 is 0.952 bits per heavy atom. The molecule has 0 unspecified atom stereocenters. The van der Waals surface area contributed by atoms with Gasteiger partial charge >= 0.3 is 0 Å². The third-order valence-electron chi connectivity index (χ3n) is 9.34. The Balaban J connectivity index is 1.28. The molecule has 1 aliphatic carbocycles. The number of aromatic nitrogens is 3. The molecule has 8 bridgehead atoms. The van der Waals surface area contributed by atoms with E-state index in [0.29, 0.717) is 36.9 Å². The molecular weight excluding hydrogens is 554 g/mol. The predicted molar refractivity (Wildman–Crippen MR) is 161 cm³/mol. The zero-order chi connectivity index (χ0) is 29.1. The van der Waals surface area contributed by atoms with Gasteiger partial charge in [-0.15, -0.1) is 10.2 Å². The molecule has 222 valence electrons. The van der Waals surface area contributed by atoms with Gasteiger partial charge in [-0.2, -0.15) is 0 Å². The van der Waals surface area contributed by atoms with Gasteiger partial charge in [0.1, 0.15) is 5.82 Å². The predicted octanol–water partition coefficient (Wildman–Crippen LogP) is 4.00. The van der Waals surface area contributed by atoms with E-state index in [4.69, 9.17) is 4.42 Å². The van der Waals surface area contributed by atoms with Gasteiger partial charge in [0, 0.05) is 57.4 Å². The first-order valence-electron chi connectivity index (χ1n) is 14.9. The van der Waals surface area contributed by atoms with E-state index in [2.05, 4.69) is 36.6 Å². The molecule has 5 aliphatic heterocycles. The summed E-state index contributed by atoms with van der Waals surface area (Å²) >= 11 is 0. The van der Waals surface area contributed by atoms with Crippen molar-refractivity contribution < 1.29 is 17.6 Å². The summed E-state index contributed by atoms with van der Waals surface area (Å²) in [6.07, 6.45) is 6.53. The Morgan fingerprint density at radius 2 is 1.69 bits per heavy atom. The van der Waals surface area contributed by atoms with Crippen LogP contribution < -0.4 is 14.5 Å². The number of amides is 1. The summed E-state index contributed by atoms with van der Waals surface area (Å²) < 4.78 is 34.5. The highest BCUT2D eigenvalue weighted by Crippen LogP contribution is 2.40. The Bertz CT molecular complexity index is 1600. The molecule has 0 radical (unpaired) electrons. The molecule has 2 aromatic heterocycles. The Morgan fingerprint density at radius 3 is 2.43 bits per heavy atom. The summed E-state index contributed by atoms with van der Waals surface area (Å²) in [7, 11) is -1.47. The molecular formula is C30H37N7O4S. The first-order chi connectivity index (χ1) is 20.2. The monoisotopic (exact) mass is 591 g/mol. The normalized spacial score (nSPS) is 24.7. The number of hydrogen-bond donors (Lipinski definition) is 1. The van der Waals surface area contributed by atoms with Crippen LogP contribution >= 0.6 is 0 Å². The maximum atomic E-state index is 13.5. The van der Waals surface area contributed by atoms with Crippen molar-refractivity contribution in [2.45, 2.75) is 50.7 Å². The van der Waals surface area contributed by atoms with Crippen LogP contribution in [0.4, 0.5) is 17.2 Å². The molecule has 1 N–H and O–H groups in total. The number of nitrogens with zero attached hydrogens (tertiary/aromatic N) is 6. The summed E-state index contributed by atoms with van der Waals surface area (Å²) in [5, 5.41) is 8.49. The van der Waals surface area contributed by atoms with Gasteiger partial charge in [-0.1, -0.05) is 6.92 Å². The lowest BCUT2D eigenvalue weighted by Crippen LogP contribution is -2.48. The number of rotatable bonds is 3. The lowest BCUT2D eigenvalue weighted by atomic mass is 9.79. The van der Waals surface area contributed by atoms with Crippen molar-refractivity contribution >= 4 is 33.1 Å². The molecule has 11 nitrogen and oxygen atoms in total. The van der Waals surface area contributed by atoms with Crippen molar-refractivity contribution in [2.24, 2.45) is 11.3 Å². The van der Waals surface area contributed by atoms with Crippen molar-refractivity contribution in [3.63, 3.8) is 0 Å². The zero-order valence-corrected chi connectivity index (χ0v) is 24.9. The Kier molecular flexibility index (Phi) is 6.63. The van der Waals surface area contributed by atoms with E-state index in [0.717, 1.165) is 74.5 Å². The Hall–Kier alpha value is -3.67. The largest absolute Gasteiger partial charge is 0.416 e. The molecule has 1 saturated carbocycles. The van der Waals surface area contributed by atoms with Crippen LogP contribution in [-0.2, 0) is 14.8 Å². The molecule has 7 heterocycles. The van der Waals surface area contributed by atoms with Crippen molar-refractivity contribution in [3.8, 4) is 22.9 Å². The molecule has 9 rings (SSSR count). The highest BCUT2D eigenvalue weighted by atomic mass is 32.2. The summed E-state index contributed by atoms with van der Waals surface area (Å²) in [5.74, 6) is 1.85. The summed E-state index contributed by atoms with van der Waals surface area (Å²) in [5.41, 5.74) is 2.90. The van der Waals surface area contributed by atoms with E-state index in [1.807, 2.05) is 36.2 Å². The van der Waals surface area contributed by atoms with Gasteiger partial charge in [0.15, 0.2) is 0 Å². The van der Waals surface area contributed by atoms with Crippen LogP contribution in [0.2, 0.25) is 0 Å². The minimum Gasteiger partial charge on any atom is -0.416 e. The lowest BCUT2D eigenvalue weighted by Gasteiger charge is -2.43. The maximum Gasteiger partial charge on any atom is 0.250 e. The van der Waals surface area contributed by atoms with Crippen molar-refractivity contribution in [1.29, 1.82) is 0 Å². The van der Waals surface area contributed by atoms with E-state index in [1.165, 1.54) is 0 Å². The first-order valence-corrected chi connectivity index (χ1v) is 16.4. The second kappa shape index (κ2) is 10.3. The second-order valence-corrected chi connectivity index (χ2v) is 14.6. The number of piperidine rings is 2. The van der Waals surface area contributed by atoms with Gasteiger partial charge in [-0.05, 0) is 74.3 Å². The van der Waals surface area contributed by atoms with Gasteiger partial charge < -0.3 is 19.1 Å². The molecule has 3 aromatic rings. The molecule has 42 heavy (non-hydrogen) atoms. The summed E-state index contributed by atoms with van der Waals surface area (Å²) in [6, 6.07) is 9.33. The van der Waals surface area contributed by atoms with Crippen LogP contribution in [0.3, 0.4) is 0 Å². The Labute approximate surface area is 246 Å². The fourth-order valence-corrected chi connectivity index (χ4v) is 7.98. The number of carbonyl (C=O) groups is 1. The van der Waals surface area contributed by atoms with Crippen LogP contribution in [0, 0.1) is 11.3 Å². The van der Waals surface area contributed by atoms with Gasteiger partial charge in [-0.25, -0.2) is 13.4 Å². The minimum absolute atomic E-state index is 0.0171. The van der Waals surface area contributed by atoms with E-state index >= 15 is 0 Å². The minimum atomic E-state index is -3.41. The fourth-order valence-electron chi connectivity index (χ4n) is 6.60. The third-order valence-corrected chi connectivity index (χ3v) is 11.2. The van der Waals surface area contributed by atoms with Gasteiger partial charge in [0.2, 0.25) is 27.7 Å². The van der Waals surface area contributed by atoms with Gasteiger partial charge in [0.05, 0.1) is 22.2 Å². The highest BCUT2D eigenvalue weighted by molar-refractivity contribution is 7.93. The smallest absolute Gasteiger partial charge is 0.250 e. The second-order valence-electron chi connectivity index (χ2n) is 12.6. The first kappa shape index (κ1) is 27.2. The SMILES string of the molecule is CN1CC2(C)CCN(CC2)c2cc(NS(=O)(=O)C3CC3)ccc2-c2nnc(o2)-c2ccnc(c2)N2CCC(CC2)C1=O. The van der Waals surface area contributed by atoms with E-state index in [-0.39, 0.29) is 22.5 Å². The number of pyridine rings is 1. The number of fused-ring (bicyclic) bond motifs is 2. The molecule has 0 spiro atoms. The van der Waals surface area contributed by atoms with Crippen LogP contribution in [0.25, 0.3) is 22.9 Å². The van der Waals surface area contributed by atoms with E-state index in [1.54, 1.807) is 12.3 Å². The van der Waals surface area contributed by atoms with Crippen LogP contribution in [-0.4, -0.2) is 79.4 Å². The lowest BCUT2D eigenvalue weighted by molar-refractivity contribution is -0.136. The number of hydrogen-bond acceptors (Lipinski definition) is 9. The number of carbonyl (C=O) groups excluding carboxylic acids is 1. The quantitative estimate of drug-likeness (QED) is 0.481. The molecule has 1 amide bonds. The van der Waals surface area contributed by atoms with Crippen LogP contribution in [0.1, 0.15) is 45.4 Å². The highest BCUT2D eigenvalue weighted by Gasteiger charge is 2.37.